The zero-order chi connectivity index (χ0) is 12.8. The molecule has 0 unspecified atom stereocenters. The van der Waals surface area contributed by atoms with E-state index in [-0.39, 0.29) is 0 Å². The van der Waals surface area contributed by atoms with Gasteiger partial charge < -0.3 is 5.32 Å². The van der Waals surface area contributed by atoms with Crippen molar-refractivity contribution in [2.75, 3.05) is 5.32 Å². The summed E-state index contributed by atoms with van der Waals surface area (Å²) >= 11 is 5.84. The number of nitrogens with zero attached hydrogens (tertiary/aromatic N) is 4. The lowest BCUT2D eigenvalue weighted by molar-refractivity contribution is 0.556. The Morgan fingerprint density at radius 1 is 1.28 bits per heavy atom. The van der Waals surface area contributed by atoms with Gasteiger partial charge in [-0.3, -0.25) is 0 Å². The van der Waals surface area contributed by atoms with Crippen LogP contribution >= 0.6 is 11.6 Å². The minimum Gasteiger partial charge on any atom is -0.349 e. The summed E-state index contributed by atoms with van der Waals surface area (Å²) in [6.07, 6.45) is 2.19. The standard InChI is InChI=1S/C12H16ClN5/c1-2-3-8-18-12(15-16-17-18)14-9-10-4-6-11(13)7-5-10/h4-7H,2-3,8-9H2,1H3,(H,14,15,17). The van der Waals surface area contributed by atoms with E-state index in [0.29, 0.717) is 12.5 Å². The summed E-state index contributed by atoms with van der Waals surface area (Å²) in [5.41, 5.74) is 1.14. The fourth-order valence-electron chi connectivity index (χ4n) is 1.57. The molecule has 0 atom stereocenters. The van der Waals surface area contributed by atoms with Crippen molar-refractivity contribution in [1.82, 2.24) is 20.2 Å². The van der Waals surface area contributed by atoms with Gasteiger partial charge in [-0.2, -0.15) is 0 Å². The molecular weight excluding hydrogens is 250 g/mol. The maximum Gasteiger partial charge on any atom is 0.243 e. The van der Waals surface area contributed by atoms with Crippen LogP contribution in [-0.4, -0.2) is 20.2 Å². The number of anilines is 1. The van der Waals surface area contributed by atoms with Crippen molar-refractivity contribution in [1.29, 1.82) is 0 Å². The predicted molar refractivity (Wildman–Crippen MR) is 71.5 cm³/mol. The monoisotopic (exact) mass is 265 g/mol. The van der Waals surface area contributed by atoms with Crippen molar-refractivity contribution < 1.29 is 0 Å². The Kier molecular flexibility index (Phi) is 4.52. The topological polar surface area (TPSA) is 55.6 Å². The minimum absolute atomic E-state index is 0.684. The van der Waals surface area contributed by atoms with Crippen LogP contribution in [-0.2, 0) is 13.1 Å². The Labute approximate surface area is 111 Å². The molecule has 0 fully saturated rings. The fraction of sp³-hybridized carbons (Fsp3) is 0.417. The maximum absolute atomic E-state index is 5.84. The minimum atomic E-state index is 0.684. The van der Waals surface area contributed by atoms with E-state index in [9.17, 15) is 0 Å². The predicted octanol–water partition coefficient (Wildman–Crippen LogP) is 2.74. The normalized spacial score (nSPS) is 10.6. The van der Waals surface area contributed by atoms with E-state index < -0.39 is 0 Å². The van der Waals surface area contributed by atoms with Crippen LogP contribution < -0.4 is 5.32 Å². The third-order valence-corrected chi connectivity index (χ3v) is 2.87. The Morgan fingerprint density at radius 3 is 2.78 bits per heavy atom. The van der Waals surface area contributed by atoms with Gasteiger partial charge in [-0.05, 0) is 34.5 Å². The molecule has 1 N–H and O–H groups in total. The maximum atomic E-state index is 5.84. The number of hydrogen-bond acceptors (Lipinski definition) is 4. The van der Waals surface area contributed by atoms with Gasteiger partial charge in [-0.1, -0.05) is 42.2 Å². The molecule has 2 rings (SSSR count). The summed E-state index contributed by atoms with van der Waals surface area (Å²) in [4.78, 5) is 0. The largest absolute Gasteiger partial charge is 0.349 e. The first-order valence-corrected chi connectivity index (χ1v) is 6.42. The molecule has 2 aromatic rings. The number of unbranched alkanes of at least 4 members (excludes halogenated alkanes) is 1. The number of aryl methyl sites for hydroxylation is 1. The lowest BCUT2D eigenvalue weighted by Gasteiger charge is -2.06. The van der Waals surface area contributed by atoms with Crippen molar-refractivity contribution in [3.63, 3.8) is 0 Å². The van der Waals surface area contributed by atoms with Crippen molar-refractivity contribution in [3.8, 4) is 0 Å². The fourth-order valence-corrected chi connectivity index (χ4v) is 1.70. The zero-order valence-corrected chi connectivity index (χ0v) is 11.1. The van der Waals surface area contributed by atoms with Crippen LogP contribution in [0.1, 0.15) is 25.3 Å². The molecule has 0 aliphatic heterocycles. The summed E-state index contributed by atoms with van der Waals surface area (Å²) in [7, 11) is 0. The average molecular weight is 266 g/mol. The molecule has 0 saturated carbocycles. The van der Waals surface area contributed by atoms with E-state index in [0.717, 1.165) is 30.0 Å². The van der Waals surface area contributed by atoms with Crippen molar-refractivity contribution >= 4 is 17.5 Å². The highest BCUT2D eigenvalue weighted by atomic mass is 35.5. The average Bonchev–Trinajstić information content (AvgIpc) is 2.83. The van der Waals surface area contributed by atoms with Gasteiger partial charge in [0.2, 0.25) is 5.95 Å². The zero-order valence-electron chi connectivity index (χ0n) is 10.3. The van der Waals surface area contributed by atoms with Gasteiger partial charge in [0.15, 0.2) is 0 Å². The second kappa shape index (κ2) is 6.35. The van der Waals surface area contributed by atoms with E-state index in [1.807, 2.05) is 24.3 Å². The molecule has 1 heterocycles. The molecule has 6 heteroatoms. The second-order valence-electron chi connectivity index (χ2n) is 4.06. The van der Waals surface area contributed by atoms with Crippen molar-refractivity contribution in [3.05, 3.63) is 34.9 Å². The highest BCUT2D eigenvalue weighted by molar-refractivity contribution is 6.30. The molecule has 5 nitrogen and oxygen atoms in total. The number of hydrogen-bond donors (Lipinski definition) is 1. The van der Waals surface area contributed by atoms with Crippen LogP contribution in [0.2, 0.25) is 5.02 Å². The van der Waals surface area contributed by atoms with E-state index >= 15 is 0 Å². The van der Waals surface area contributed by atoms with Crippen LogP contribution in [0.25, 0.3) is 0 Å². The smallest absolute Gasteiger partial charge is 0.243 e. The number of rotatable bonds is 6. The van der Waals surface area contributed by atoms with Gasteiger partial charge >= 0.3 is 0 Å². The Hall–Kier alpha value is -1.62. The van der Waals surface area contributed by atoms with Crippen LogP contribution in [0.3, 0.4) is 0 Å². The Bertz CT molecular complexity index is 479. The van der Waals surface area contributed by atoms with E-state index in [4.69, 9.17) is 11.6 Å². The second-order valence-corrected chi connectivity index (χ2v) is 4.50. The summed E-state index contributed by atoms with van der Waals surface area (Å²) in [5, 5.41) is 15.6. The third-order valence-electron chi connectivity index (χ3n) is 2.62. The molecule has 0 aliphatic carbocycles. The van der Waals surface area contributed by atoms with Gasteiger partial charge in [-0.25, -0.2) is 4.68 Å². The summed E-state index contributed by atoms with van der Waals surface area (Å²) < 4.78 is 1.79. The van der Waals surface area contributed by atoms with Crippen LogP contribution in [0.15, 0.2) is 24.3 Å². The molecule has 0 spiro atoms. The molecule has 0 saturated heterocycles. The number of halogens is 1. The van der Waals surface area contributed by atoms with Crippen LogP contribution in [0, 0.1) is 0 Å². The van der Waals surface area contributed by atoms with Gasteiger partial charge in [-0.15, -0.1) is 0 Å². The molecule has 1 aromatic carbocycles. The lowest BCUT2D eigenvalue weighted by Crippen LogP contribution is -2.09. The molecule has 0 aliphatic rings. The number of aromatic nitrogens is 4. The van der Waals surface area contributed by atoms with Crippen molar-refractivity contribution in [2.24, 2.45) is 0 Å². The van der Waals surface area contributed by atoms with Gasteiger partial charge in [0.1, 0.15) is 0 Å². The molecule has 18 heavy (non-hydrogen) atoms. The Morgan fingerprint density at radius 2 is 2.06 bits per heavy atom. The highest BCUT2D eigenvalue weighted by Crippen LogP contribution is 2.11. The first-order valence-electron chi connectivity index (χ1n) is 6.04. The number of benzene rings is 1. The third kappa shape index (κ3) is 3.43. The molecule has 0 amide bonds. The van der Waals surface area contributed by atoms with Gasteiger partial charge in [0.05, 0.1) is 0 Å². The molecule has 1 aromatic heterocycles. The molecular formula is C12H16ClN5. The number of tetrazole rings is 1. The SMILES string of the molecule is CCCCn1nnnc1NCc1ccc(Cl)cc1. The van der Waals surface area contributed by atoms with Crippen molar-refractivity contribution in [2.45, 2.75) is 32.9 Å². The van der Waals surface area contributed by atoms with E-state index in [1.165, 1.54) is 0 Å². The summed E-state index contributed by atoms with van der Waals surface area (Å²) in [6.45, 7) is 3.67. The number of nitrogens with one attached hydrogen (secondary N) is 1. The highest BCUT2D eigenvalue weighted by Gasteiger charge is 2.04. The summed E-state index contributed by atoms with van der Waals surface area (Å²) in [6, 6.07) is 7.71. The molecule has 0 radical (unpaired) electrons. The first kappa shape index (κ1) is 12.8. The van der Waals surface area contributed by atoms with Gasteiger partial charge in [0, 0.05) is 18.1 Å². The van der Waals surface area contributed by atoms with Crippen LogP contribution in [0.5, 0.6) is 0 Å². The summed E-state index contributed by atoms with van der Waals surface area (Å²) in [5.74, 6) is 0.707. The lowest BCUT2D eigenvalue weighted by atomic mass is 10.2. The van der Waals surface area contributed by atoms with E-state index in [1.54, 1.807) is 4.68 Å². The van der Waals surface area contributed by atoms with Crippen LogP contribution in [0.4, 0.5) is 5.95 Å². The molecule has 0 bridgehead atoms. The Balaban J connectivity index is 1.93. The van der Waals surface area contributed by atoms with E-state index in [2.05, 4.69) is 27.8 Å². The molecule has 96 valence electrons. The van der Waals surface area contributed by atoms with Gasteiger partial charge in [0.25, 0.3) is 0 Å². The first-order chi connectivity index (χ1) is 8.79. The quantitative estimate of drug-likeness (QED) is 0.873.